The van der Waals surface area contributed by atoms with E-state index in [0.29, 0.717) is 4.57 Å². The number of alkyl halides is 1. The molecule has 3 rings (SSSR count). The molecule has 10 heteroatoms. The van der Waals surface area contributed by atoms with Crippen LogP contribution in [0, 0.1) is 5.82 Å². The fraction of sp³-hybridized carbons (Fsp3) is 0.353. The zero-order valence-corrected chi connectivity index (χ0v) is 13.9. The molecule has 0 unspecified atom stereocenters. The van der Waals surface area contributed by atoms with Crippen molar-refractivity contribution >= 4 is 5.78 Å². The van der Waals surface area contributed by atoms with Gasteiger partial charge in [0.1, 0.15) is 18.0 Å². The molecular weight excluding hydrogens is 366 g/mol. The normalized spacial score (nSPS) is 24.9. The molecule has 1 aliphatic rings. The number of hydrogen-bond donors (Lipinski definition) is 2. The summed E-state index contributed by atoms with van der Waals surface area (Å²) in [5, 5.41) is 18.8. The highest BCUT2D eigenvalue weighted by atomic mass is 19.1. The summed E-state index contributed by atoms with van der Waals surface area (Å²) in [6.45, 7) is -1.30. The van der Waals surface area contributed by atoms with Crippen LogP contribution in [0.4, 0.5) is 8.78 Å². The topological polar surface area (TPSA) is 111 Å². The lowest BCUT2D eigenvalue weighted by atomic mass is 10.1. The summed E-state index contributed by atoms with van der Waals surface area (Å²) in [4.78, 5) is 36.8. The van der Waals surface area contributed by atoms with E-state index in [0.717, 1.165) is 29.0 Å². The maximum absolute atomic E-state index is 14.2. The van der Waals surface area contributed by atoms with Gasteiger partial charge < -0.3 is 14.9 Å². The van der Waals surface area contributed by atoms with Gasteiger partial charge in [-0.1, -0.05) is 0 Å². The molecule has 144 valence electrons. The lowest BCUT2D eigenvalue weighted by Gasteiger charge is -2.17. The second-order valence-electron chi connectivity index (χ2n) is 6.04. The highest BCUT2D eigenvalue weighted by molar-refractivity contribution is 5.95. The van der Waals surface area contributed by atoms with Crippen LogP contribution >= 0.6 is 0 Å². The Balaban J connectivity index is 1.93. The van der Waals surface area contributed by atoms with Gasteiger partial charge in [0.15, 0.2) is 18.2 Å². The fourth-order valence-corrected chi connectivity index (χ4v) is 2.82. The minimum Gasteiger partial charge on any atom is -0.394 e. The van der Waals surface area contributed by atoms with Crippen molar-refractivity contribution < 1.29 is 28.5 Å². The summed E-state index contributed by atoms with van der Waals surface area (Å²) in [6.07, 6.45) is -5.45. The molecule has 27 heavy (non-hydrogen) atoms. The number of ketones is 1. The highest BCUT2D eigenvalue weighted by Crippen LogP contribution is 2.30. The molecule has 0 aliphatic carbocycles. The lowest BCUT2D eigenvalue weighted by Crippen LogP contribution is -2.43. The first kappa shape index (κ1) is 19.1. The third-order valence-corrected chi connectivity index (χ3v) is 4.31. The minimum absolute atomic E-state index is 0.0920. The molecule has 1 aromatic carbocycles. The van der Waals surface area contributed by atoms with Crippen LogP contribution in [0.15, 0.2) is 46.1 Å². The predicted octanol–water partition coefficient (Wildman–Crippen LogP) is -0.379. The molecule has 0 amide bonds. The second kappa shape index (κ2) is 7.51. The number of aromatic nitrogens is 2. The zero-order chi connectivity index (χ0) is 19.7. The minimum atomic E-state index is -2.02. The zero-order valence-electron chi connectivity index (χ0n) is 13.9. The summed E-state index contributed by atoms with van der Waals surface area (Å²) >= 11 is 0. The van der Waals surface area contributed by atoms with Crippen LogP contribution < -0.4 is 11.2 Å². The summed E-state index contributed by atoms with van der Waals surface area (Å²) in [5.41, 5.74) is -1.72. The molecule has 1 fully saturated rings. The fourth-order valence-electron chi connectivity index (χ4n) is 2.82. The van der Waals surface area contributed by atoms with Crippen molar-refractivity contribution in [1.82, 2.24) is 9.13 Å². The molecule has 2 N–H and O–H groups in total. The molecule has 1 saturated heterocycles. The summed E-state index contributed by atoms with van der Waals surface area (Å²) in [7, 11) is 0. The van der Waals surface area contributed by atoms with E-state index in [1.807, 2.05) is 0 Å². The van der Waals surface area contributed by atoms with Gasteiger partial charge in [0.2, 0.25) is 0 Å². The van der Waals surface area contributed by atoms with Crippen LogP contribution in [0.25, 0.3) is 0 Å². The summed E-state index contributed by atoms with van der Waals surface area (Å²) in [6, 6.07) is 5.51. The van der Waals surface area contributed by atoms with Gasteiger partial charge in [-0.25, -0.2) is 13.6 Å². The quantitative estimate of drug-likeness (QED) is 0.682. The molecule has 8 nitrogen and oxygen atoms in total. The number of aliphatic hydroxyl groups excluding tert-OH is 2. The molecular formula is C17H16F2N2O6. The Bertz CT molecular complexity index is 955. The predicted molar refractivity (Wildman–Crippen MR) is 87.6 cm³/mol. The number of ether oxygens (including phenoxy) is 1. The van der Waals surface area contributed by atoms with Crippen LogP contribution in [0.2, 0.25) is 0 Å². The van der Waals surface area contributed by atoms with Crippen LogP contribution in [-0.2, 0) is 11.3 Å². The number of carbonyl (C=O) groups excluding carboxylic acids is 1. The molecule has 2 aromatic rings. The first-order valence-corrected chi connectivity index (χ1v) is 8.02. The number of carbonyl (C=O) groups is 1. The first-order valence-electron chi connectivity index (χ1n) is 8.02. The standard InChI is InChI=1S/C17H16F2N2O6/c18-10-3-1-9(2-4-10)11(23)7-21-13(24)5-6-20(17(21)26)16-14(19)15(25)12(8-22)27-16/h1-6,12,14-16,22,25H,7-8H2/t12-,14-,15+,16+/m0/s1. The highest BCUT2D eigenvalue weighted by Gasteiger charge is 2.45. The van der Waals surface area contributed by atoms with E-state index in [2.05, 4.69) is 0 Å². The van der Waals surface area contributed by atoms with E-state index in [1.165, 1.54) is 12.1 Å². The van der Waals surface area contributed by atoms with Crippen molar-refractivity contribution in [2.45, 2.75) is 31.2 Å². The third-order valence-electron chi connectivity index (χ3n) is 4.31. The van der Waals surface area contributed by atoms with Gasteiger partial charge >= 0.3 is 5.69 Å². The lowest BCUT2D eigenvalue weighted by molar-refractivity contribution is -0.0496. The number of benzene rings is 1. The van der Waals surface area contributed by atoms with Gasteiger partial charge in [0.05, 0.1) is 13.2 Å². The van der Waals surface area contributed by atoms with E-state index >= 15 is 0 Å². The molecule has 2 heterocycles. The van der Waals surface area contributed by atoms with Gasteiger partial charge in [0.25, 0.3) is 5.56 Å². The number of halogens is 2. The van der Waals surface area contributed by atoms with E-state index in [1.54, 1.807) is 0 Å². The van der Waals surface area contributed by atoms with Gasteiger partial charge in [-0.2, -0.15) is 0 Å². The molecule has 0 spiro atoms. The van der Waals surface area contributed by atoms with E-state index in [-0.39, 0.29) is 5.56 Å². The summed E-state index contributed by atoms with van der Waals surface area (Å²) < 4.78 is 33.7. The number of aliphatic hydroxyl groups is 2. The van der Waals surface area contributed by atoms with Crippen LogP contribution in [0.5, 0.6) is 0 Å². The van der Waals surface area contributed by atoms with Crippen molar-refractivity contribution in [1.29, 1.82) is 0 Å². The Kier molecular flexibility index (Phi) is 5.31. The number of Topliss-reactive ketones (excluding diaryl/α,β-unsaturated/α-hetero) is 1. The first-order chi connectivity index (χ1) is 12.8. The van der Waals surface area contributed by atoms with E-state index in [9.17, 15) is 28.3 Å². The van der Waals surface area contributed by atoms with Gasteiger partial charge in [-0.05, 0) is 24.3 Å². The Morgan fingerprint density at radius 1 is 1.19 bits per heavy atom. The molecule has 1 aliphatic heterocycles. The SMILES string of the molecule is O=C(Cn1c(=O)ccn([C@@H]2O[C@@H](CO)[C@@H](O)[C@@H]2F)c1=O)c1ccc(F)cc1. The van der Waals surface area contributed by atoms with Gasteiger partial charge in [-0.15, -0.1) is 0 Å². The molecule has 0 saturated carbocycles. The number of rotatable bonds is 5. The maximum atomic E-state index is 14.2. The maximum Gasteiger partial charge on any atom is 0.333 e. The van der Waals surface area contributed by atoms with Gasteiger partial charge in [-0.3, -0.25) is 18.7 Å². The number of nitrogens with zero attached hydrogens (tertiary/aromatic N) is 2. The van der Waals surface area contributed by atoms with Crippen molar-refractivity contribution in [3.05, 3.63) is 68.7 Å². The Morgan fingerprint density at radius 2 is 1.85 bits per heavy atom. The van der Waals surface area contributed by atoms with Crippen LogP contribution in [-0.4, -0.2) is 50.1 Å². The average Bonchev–Trinajstić information content (AvgIpc) is 2.94. The van der Waals surface area contributed by atoms with Crippen molar-refractivity contribution in [2.75, 3.05) is 6.61 Å². The van der Waals surface area contributed by atoms with Crippen molar-refractivity contribution in [3.8, 4) is 0 Å². The second-order valence-corrected chi connectivity index (χ2v) is 6.04. The molecule has 4 atom stereocenters. The molecule has 0 radical (unpaired) electrons. The van der Waals surface area contributed by atoms with E-state index in [4.69, 9.17) is 9.84 Å². The van der Waals surface area contributed by atoms with Crippen molar-refractivity contribution in [3.63, 3.8) is 0 Å². The average molecular weight is 382 g/mol. The van der Waals surface area contributed by atoms with E-state index < -0.39 is 60.6 Å². The van der Waals surface area contributed by atoms with Crippen LogP contribution in [0.3, 0.4) is 0 Å². The van der Waals surface area contributed by atoms with Crippen molar-refractivity contribution in [2.24, 2.45) is 0 Å². The Hall–Kier alpha value is -2.69. The third kappa shape index (κ3) is 3.59. The molecule has 0 bridgehead atoms. The molecule has 1 aromatic heterocycles. The summed E-state index contributed by atoms with van der Waals surface area (Å²) in [5.74, 6) is -1.17. The Labute approximate surface area is 150 Å². The largest absolute Gasteiger partial charge is 0.394 e. The monoisotopic (exact) mass is 382 g/mol. The van der Waals surface area contributed by atoms with Crippen LogP contribution in [0.1, 0.15) is 16.6 Å². The smallest absolute Gasteiger partial charge is 0.333 e. The Morgan fingerprint density at radius 3 is 2.44 bits per heavy atom. The van der Waals surface area contributed by atoms with Gasteiger partial charge in [0, 0.05) is 17.8 Å². The number of hydrogen-bond acceptors (Lipinski definition) is 6.